The molecule has 0 unspecified atom stereocenters. The van der Waals surface area contributed by atoms with Crippen molar-refractivity contribution >= 4 is 11.6 Å². The zero-order chi connectivity index (χ0) is 15.7. The van der Waals surface area contributed by atoms with Crippen LogP contribution >= 0.6 is 0 Å². The molecule has 116 valence electrons. The summed E-state index contributed by atoms with van der Waals surface area (Å²) in [5.74, 6) is -0.451. The van der Waals surface area contributed by atoms with Crippen molar-refractivity contribution in [1.29, 1.82) is 0 Å². The summed E-state index contributed by atoms with van der Waals surface area (Å²) < 4.78 is 5.06. The zero-order valence-electron chi connectivity index (χ0n) is 12.8. The minimum absolute atomic E-state index is 0.0556. The molecule has 1 aromatic rings. The van der Waals surface area contributed by atoms with Gasteiger partial charge in [0.05, 0.1) is 4.92 Å². The first-order chi connectivity index (χ1) is 9.84. The van der Waals surface area contributed by atoms with Gasteiger partial charge in [-0.2, -0.15) is 0 Å². The minimum atomic E-state index is -0.571. The number of carbonyl (C=O) groups excluding carboxylic acids is 1. The lowest BCUT2D eigenvalue weighted by Gasteiger charge is -2.38. The second-order valence-corrected chi connectivity index (χ2v) is 6.00. The summed E-state index contributed by atoms with van der Waals surface area (Å²) in [5.41, 5.74) is -0.468. The lowest BCUT2D eigenvalue weighted by atomic mass is 9.97. The first kappa shape index (κ1) is 15.5. The van der Waals surface area contributed by atoms with E-state index in [9.17, 15) is 14.9 Å². The maximum atomic E-state index is 12.7. The van der Waals surface area contributed by atoms with Crippen LogP contribution < -0.4 is 0 Å². The van der Waals surface area contributed by atoms with Crippen molar-refractivity contribution in [2.45, 2.75) is 65.0 Å². The lowest BCUT2D eigenvalue weighted by molar-refractivity contribution is -0.386. The summed E-state index contributed by atoms with van der Waals surface area (Å²) in [6.45, 7) is 7.47. The van der Waals surface area contributed by atoms with Crippen molar-refractivity contribution in [1.82, 2.24) is 10.1 Å². The molecule has 21 heavy (non-hydrogen) atoms. The first-order valence-corrected chi connectivity index (χ1v) is 7.31. The van der Waals surface area contributed by atoms with E-state index in [2.05, 4.69) is 5.16 Å². The van der Waals surface area contributed by atoms with Gasteiger partial charge in [0.1, 0.15) is 0 Å². The van der Waals surface area contributed by atoms with E-state index in [-0.39, 0.29) is 35.1 Å². The molecule has 0 saturated carbocycles. The molecular weight excluding hydrogens is 274 g/mol. The molecule has 0 aromatic carbocycles. The first-order valence-electron chi connectivity index (χ1n) is 7.31. The molecule has 0 spiro atoms. The van der Waals surface area contributed by atoms with Gasteiger partial charge in [0.25, 0.3) is 5.91 Å². The molecule has 1 amide bonds. The third-order valence-electron chi connectivity index (χ3n) is 4.03. The second-order valence-electron chi connectivity index (χ2n) is 6.00. The van der Waals surface area contributed by atoms with Crippen LogP contribution in [0.15, 0.2) is 4.52 Å². The van der Waals surface area contributed by atoms with Crippen LogP contribution in [0.1, 0.15) is 69.1 Å². The van der Waals surface area contributed by atoms with E-state index < -0.39 is 10.8 Å². The highest BCUT2D eigenvalue weighted by atomic mass is 16.6. The fourth-order valence-corrected chi connectivity index (χ4v) is 2.94. The highest BCUT2D eigenvalue weighted by Gasteiger charge is 2.38. The highest BCUT2D eigenvalue weighted by Crippen LogP contribution is 2.32. The Balaban J connectivity index is 2.41. The van der Waals surface area contributed by atoms with Gasteiger partial charge in [-0.05, 0) is 33.1 Å². The minimum Gasteiger partial charge on any atom is -0.353 e. The molecule has 1 aliphatic heterocycles. The van der Waals surface area contributed by atoms with Crippen molar-refractivity contribution in [2.75, 3.05) is 0 Å². The average Bonchev–Trinajstić information content (AvgIpc) is 2.83. The topological polar surface area (TPSA) is 89.5 Å². The third kappa shape index (κ3) is 2.77. The van der Waals surface area contributed by atoms with E-state index in [4.69, 9.17) is 4.52 Å². The number of hydrogen-bond donors (Lipinski definition) is 0. The Morgan fingerprint density at radius 3 is 2.43 bits per heavy atom. The van der Waals surface area contributed by atoms with Crippen molar-refractivity contribution in [3.8, 4) is 0 Å². The summed E-state index contributed by atoms with van der Waals surface area (Å²) >= 11 is 0. The van der Waals surface area contributed by atoms with Crippen LogP contribution in [0.3, 0.4) is 0 Å². The number of amides is 1. The van der Waals surface area contributed by atoms with Crippen molar-refractivity contribution in [2.24, 2.45) is 0 Å². The van der Waals surface area contributed by atoms with Crippen LogP contribution in [0.25, 0.3) is 0 Å². The van der Waals surface area contributed by atoms with Gasteiger partial charge < -0.3 is 9.42 Å². The fraction of sp³-hybridized carbons (Fsp3) is 0.714. The number of nitro groups is 1. The van der Waals surface area contributed by atoms with Crippen LogP contribution in [0.4, 0.5) is 5.69 Å². The molecule has 2 atom stereocenters. The van der Waals surface area contributed by atoms with Gasteiger partial charge in [-0.25, -0.2) is 0 Å². The van der Waals surface area contributed by atoms with Gasteiger partial charge >= 0.3 is 5.69 Å². The summed E-state index contributed by atoms with van der Waals surface area (Å²) in [6.07, 6.45) is 2.86. The number of hydrogen-bond acceptors (Lipinski definition) is 5. The Morgan fingerprint density at radius 1 is 1.38 bits per heavy atom. The SMILES string of the molecule is CC(C)c1onc(C(=O)N2[C@H](C)CCC[C@@H]2C)c1[N+](=O)[O-]. The summed E-state index contributed by atoms with van der Waals surface area (Å²) in [4.78, 5) is 25.1. The molecule has 1 fully saturated rings. The monoisotopic (exact) mass is 295 g/mol. The van der Waals surface area contributed by atoms with Crippen LogP contribution in [0.2, 0.25) is 0 Å². The highest BCUT2D eigenvalue weighted by molar-refractivity contribution is 5.96. The molecule has 1 saturated heterocycles. The Hall–Kier alpha value is -1.92. The molecule has 0 bridgehead atoms. The zero-order valence-corrected chi connectivity index (χ0v) is 12.8. The largest absolute Gasteiger partial charge is 0.353 e. The maximum Gasteiger partial charge on any atom is 0.344 e. The van der Waals surface area contributed by atoms with Gasteiger partial charge in [-0.3, -0.25) is 14.9 Å². The van der Waals surface area contributed by atoms with Gasteiger partial charge in [-0.1, -0.05) is 19.0 Å². The van der Waals surface area contributed by atoms with E-state index in [0.29, 0.717) is 0 Å². The van der Waals surface area contributed by atoms with E-state index in [1.54, 1.807) is 18.7 Å². The Kier molecular flexibility index (Phi) is 4.29. The third-order valence-corrected chi connectivity index (χ3v) is 4.03. The van der Waals surface area contributed by atoms with Crippen molar-refractivity contribution < 1.29 is 14.2 Å². The van der Waals surface area contributed by atoms with Crippen LogP contribution in [0.5, 0.6) is 0 Å². The molecule has 2 heterocycles. The molecule has 7 heteroatoms. The Labute approximate surface area is 123 Å². The van der Waals surface area contributed by atoms with Crippen molar-refractivity contribution in [3.05, 3.63) is 21.6 Å². The van der Waals surface area contributed by atoms with Crippen molar-refractivity contribution in [3.63, 3.8) is 0 Å². The Bertz CT molecular complexity index is 542. The number of nitrogens with zero attached hydrogens (tertiary/aromatic N) is 3. The molecule has 0 N–H and O–H groups in total. The molecule has 0 aliphatic carbocycles. The lowest BCUT2D eigenvalue weighted by Crippen LogP contribution is -2.47. The van der Waals surface area contributed by atoms with E-state index >= 15 is 0 Å². The summed E-state index contributed by atoms with van der Waals surface area (Å²) in [5, 5.41) is 15.0. The quantitative estimate of drug-likeness (QED) is 0.631. The van der Waals surface area contributed by atoms with Gasteiger partial charge in [0, 0.05) is 18.0 Å². The number of likely N-dealkylation sites (tertiary alicyclic amines) is 1. The number of aromatic nitrogens is 1. The number of carbonyl (C=O) groups is 1. The van der Waals surface area contributed by atoms with Crippen LogP contribution in [0, 0.1) is 10.1 Å². The van der Waals surface area contributed by atoms with Crippen LogP contribution in [-0.2, 0) is 0 Å². The standard InChI is InChI=1S/C14H21N3O4/c1-8(2)13-12(17(19)20)11(15-21-13)14(18)16-9(3)6-5-7-10(16)4/h8-10H,5-7H2,1-4H3/t9-,10+. The second kappa shape index (κ2) is 5.83. The maximum absolute atomic E-state index is 12.7. The molecule has 0 radical (unpaired) electrons. The fourth-order valence-electron chi connectivity index (χ4n) is 2.94. The van der Waals surface area contributed by atoms with Gasteiger partial charge in [0.15, 0.2) is 0 Å². The predicted molar refractivity (Wildman–Crippen MR) is 76.2 cm³/mol. The van der Waals surface area contributed by atoms with Gasteiger partial charge in [-0.15, -0.1) is 0 Å². The molecule has 2 rings (SSSR count). The van der Waals surface area contributed by atoms with Gasteiger partial charge in [0.2, 0.25) is 11.5 Å². The predicted octanol–water partition coefficient (Wildman–Crippen LogP) is 3.11. The summed E-state index contributed by atoms with van der Waals surface area (Å²) in [6, 6.07) is 0.111. The molecule has 7 nitrogen and oxygen atoms in total. The molecule has 1 aromatic heterocycles. The number of piperidine rings is 1. The number of rotatable bonds is 3. The average molecular weight is 295 g/mol. The molecule has 1 aliphatic rings. The molecular formula is C14H21N3O4. The van der Waals surface area contributed by atoms with E-state index in [1.165, 1.54) is 0 Å². The smallest absolute Gasteiger partial charge is 0.344 e. The normalized spacial score (nSPS) is 22.6. The van der Waals surface area contributed by atoms with E-state index in [1.807, 2.05) is 13.8 Å². The Morgan fingerprint density at radius 2 is 1.95 bits per heavy atom. The van der Waals surface area contributed by atoms with E-state index in [0.717, 1.165) is 19.3 Å². The van der Waals surface area contributed by atoms with Crippen LogP contribution in [-0.4, -0.2) is 33.0 Å². The summed E-state index contributed by atoms with van der Waals surface area (Å²) in [7, 11) is 0.